The van der Waals surface area contributed by atoms with Crippen molar-refractivity contribution >= 4 is 23.0 Å². The fourth-order valence-electron chi connectivity index (χ4n) is 5.44. The number of benzene rings is 2. The smallest absolute Gasteiger partial charge is 0.419 e. The number of aryl methyl sites for hydroxylation is 1. The fraction of sp³-hybridized carbons (Fsp3) is 0.484. The van der Waals surface area contributed by atoms with Gasteiger partial charge in [-0.15, -0.1) is 0 Å². The molecule has 3 aromatic rings. The van der Waals surface area contributed by atoms with Gasteiger partial charge in [-0.05, 0) is 76.1 Å². The van der Waals surface area contributed by atoms with E-state index < -0.39 is 11.7 Å². The van der Waals surface area contributed by atoms with Crippen LogP contribution in [-0.4, -0.2) is 72.4 Å². The van der Waals surface area contributed by atoms with Gasteiger partial charge < -0.3 is 19.1 Å². The van der Waals surface area contributed by atoms with Crippen LogP contribution in [-0.2, 0) is 16.0 Å². The zero-order valence-electron chi connectivity index (χ0n) is 24.2. The van der Waals surface area contributed by atoms with Crippen molar-refractivity contribution in [3.63, 3.8) is 0 Å². The van der Waals surface area contributed by atoms with Crippen molar-refractivity contribution in [2.75, 3.05) is 40.4 Å². The molecule has 210 valence electrons. The van der Waals surface area contributed by atoms with Crippen LogP contribution in [0.5, 0.6) is 5.75 Å². The highest BCUT2D eigenvalue weighted by Gasteiger charge is 2.30. The Kier molecular flexibility index (Phi) is 8.67. The SMILES string of the molecule is CCCN1CCN(Cc2c(OC)cc(C)c3c2ccn3C(=O)OC(C)(C)C)C(c2ccc(C(=O)OC)cc2)C1. The molecule has 4 rings (SSSR count). The molecule has 0 saturated carbocycles. The summed E-state index contributed by atoms with van der Waals surface area (Å²) >= 11 is 0. The molecule has 39 heavy (non-hydrogen) atoms. The van der Waals surface area contributed by atoms with Crippen LogP contribution in [0.25, 0.3) is 10.9 Å². The summed E-state index contributed by atoms with van der Waals surface area (Å²) in [6.07, 6.45) is 2.49. The summed E-state index contributed by atoms with van der Waals surface area (Å²) in [5, 5.41) is 0.980. The minimum atomic E-state index is -0.592. The third kappa shape index (κ3) is 6.28. The van der Waals surface area contributed by atoms with E-state index in [1.807, 2.05) is 64.1 Å². The number of carbonyl (C=O) groups is 2. The quantitative estimate of drug-likeness (QED) is 0.354. The second-order valence-corrected chi connectivity index (χ2v) is 11.2. The van der Waals surface area contributed by atoms with Gasteiger partial charge in [-0.2, -0.15) is 0 Å². The molecule has 0 radical (unpaired) electrons. The van der Waals surface area contributed by atoms with E-state index in [0.717, 1.165) is 65.9 Å². The molecule has 0 bridgehead atoms. The molecule has 8 nitrogen and oxygen atoms in total. The average Bonchev–Trinajstić information content (AvgIpc) is 3.36. The number of piperazine rings is 1. The number of esters is 1. The largest absolute Gasteiger partial charge is 0.496 e. The van der Waals surface area contributed by atoms with Crippen molar-refractivity contribution < 1.29 is 23.8 Å². The first-order valence-corrected chi connectivity index (χ1v) is 13.6. The predicted molar refractivity (Wildman–Crippen MR) is 153 cm³/mol. The Hall–Kier alpha value is -3.36. The van der Waals surface area contributed by atoms with Crippen LogP contribution in [0, 0.1) is 6.92 Å². The van der Waals surface area contributed by atoms with Gasteiger partial charge in [0.05, 0.1) is 25.3 Å². The second kappa shape index (κ2) is 11.8. The van der Waals surface area contributed by atoms with E-state index in [1.54, 1.807) is 17.9 Å². The van der Waals surface area contributed by atoms with Crippen molar-refractivity contribution in [2.45, 2.75) is 59.2 Å². The third-order valence-corrected chi connectivity index (χ3v) is 7.23. The number of ether oxygens (including phenoxy) is 3. The molecule has 2 aromatic carbocycles. The lowest BCUT2D eigenvalue weighted by molar-refractivity contribution is 0.0542. The van der Waals surface area contributed by atoms with Gasteiger partial charge >= 0.3 is 12.1 Å². The predicted octanol–water partition coefficient (Wildman–Crippen LogP) is 5.80. The highest BCUT2D eigenvalue weighted by molar-refractivity contribution is 5.95. The Morgan fingerprint density at radius 1 is 1.05 bits per heavy atom. The molecule has 1 atom stereocenters. The maximum absolute atomic E-state index is 13.0. The molecule has 0 amide bonds. The summed E-state index contributed by atoms with van der Waals surface area (Å²) in [7, 11) is 3.09. The zero-order chi connectivity index (χ0) is 28.3. The van der Waals surface area contributed by atoms with E-state index in [1.165, 1.54) is 7.11 Å². The van der Waals surface area contributed by atoms with Gasteiger partial charge in [-0.3, -0.25) is 9.47 Å². The first-order valence-electron chi connectivity index (χ1n) is 13.6. The molecule has 0 N–H and O–H groups in total. The van der Waals surface area contributed by atoms with Gasteiger partial charge in [-0.25, -0.2) is 9.59 Å². The van der Waals surface area contributed by atoms with Gasteiger partial charge in [0.2, 0.25) is 0 Å². The van der Waals surface area contributed by atoms with Crippen LogP contribution in [0.2, 0.25) is 0 Å². The van der Waals surface area contributed by atoms with E-state index >= 15 is 0 Å². The van der Waals surface area contributed by atoms with E-state index in [4.69, 9.17) is 14.2 Å². The van der Waals surface area contributed by atoms with Crippen molar-refractivity contribution in [2.24, 2.45) is 0 Å². The van der Waals surface area contributed by atoms with Crippen molar-refractivity contribution in [1.29, 1.82) is 0 Å². The topological polar surface area (TPSA) is 73.2 Å². The summed E-state index contributed by atoms with van der Waals surface area (Å²) in [6, 6.07) is 11.9. The number of hydrogen-bond donors (Lipinski definition) is 0. The van der Waals surface area contributed by atoms with Crippen molar-refractivity contribution in [3.8, 4) is 5.75 Å². The van der Waals surface area contributed by atoms with E-state index in [2.05, 4.69) is 16.7 Å². The molecule has 1 aliphatic heterocycles. The number of hydrogen-bond acceptors (Lipinski definition) is 7. The number of aromatic nitrogens is 1. The molecule has 0 aliphatic carbocycles. The first kappa shape index (κ1) is 28.6. The van der Waals surface area contributed by atoms with Gasteiger partial charge in [0, 0.05) is 49.4 Å². The average molecular weight is 536 g/mol. The Morgan fingerprint density at radius 2 is 1.77 bits per heavy atom. The molecular formula is C31H41N3O5. The van der Waals surface area contributed by atoms with Crippen LogP contribution >= 0.6 is 0 Å². The standard InChI is InChI=1S/C31H41N3O5/c1-8-14-32-16-17-33(26(20-32)22-9-11-23(12-10-22)29(35)38-7)19-25-24-13-15-34(30(36)39-31(3,4)5)28(24)21(2)18-27(25)37-6/h9-13,15,18,26H,8,14,16-17,19-20H2,1-7H3. The Bertz CT molecular complexity index is 1320. The molecule has 0 spiro atoms. The maximum atomic E-state index is 13.0. The van der Waals surface area contributed by atoms with Gasteiger partial charge in [0.15, 0.2) is 0 Å². The van der Waals surface area contributed by atoms with Crippen LogP contribution in [0.1, 0.15) is 67.2 Å². The van der Waals surface area contributed by atoms with Crippen LogP contribution in [0.15, 0.2) is 42.6 Å². The minimum absolute atomic E-state index is 0.131. The summed E-state index contributed by atoms with van der Waals surface area (Å²) in [5.41, 5.74) is 3.93. The highest BCUT2D eigenvalue weighted by Crippen LogP contribution is 2.36. The molecular weight excluding hydrogens is 494 g/mol. The van der Waals surface area contributed by atoms with Crippen molar-refractivity contribution in [1.82, 2.24) is 14.4 Å². The Labute approximate surface area is 231 Å². The summed E-state index contributed by atoms with van der Waals surface area (Å²) in [6.45, 7) is 14.2. The van der Waals surface area contributed by atoms with Gasteiger partial charge in [0.25, 0.3) is 0 Å². The van der Waals surface area contributed by atoms with Crippen LogP contribution < -0.4 is 4.74 Å². The second-order valence-electron chi connectivity index (χ2n) is 11.2. The Morgan fingerprint density at radius 3 is 2.38 bits per heavy atom. The molecule has 1 fully saturated rings. The molecule has 2 heterocycles. The molecule has 1 aliphatic rings. The van der Waals surface area contributed by atoms with Gasteiger partial charge in [-0.1, -0.05) is 19.1 Å². The van der Waals surface area contributed by atoms with E-state index in [9.17, 15) is 9.59 Å². The molecule has 8 heteroatoms. The van der Waals surface area contributed by atoms with Crippen LogP contribution in [0.4, 0.5) is 4.79 Å². The zero-order valence-corrected chi connectivity index (χ0v) is 24.2. The minimum Gasteiger partial charge on any atom is -0.496 e. The van der Waals surface area contributed by atoms with Crippen molar-refractivity contribution in [3.05, 3.63) is 64.8 Å². The fourth-order valence-corrected chi connectivity index (χ4v) is 5.44. The van der Waals surface area contributed by atoms with E-state index in [-0.39, 0.29) is 12.0 Å². The van der Waals surface area contributed by atoms with Crippen LogP contribution in [0.3, 0.4) is 0 Å². The number of carbonyl (C=O) groups excluding carboxylic acids is 2. The lowest BCUT2D eigenvalue weighted by Gasteiger charge is -2.42. The molecule has 1 aromatic heterocycles. The summed E-state index contributed by atoms with van der Waals surface area (Å²) < 4.78 is 18.0. The highest BCUT2D eigenvalue weighted by atomic mass is 16.6. The summed E-state index contributed by atoms with van der Waals surface area (Å²) in [5.74, 6) is 0.466. The van der Waals surface area contributed by atoms with E-state index in [0.29, 0.717) is 12.1 Å². The van der Waals surface area contributed by atoms with Gasteiger partial charge in [0.1, 0.15) is 11.4 Å². The number of nitrogens with zero attached hydrogens (tertiary/aromatic N) is 3. The first-order chi connectivity index (χ1) is 18.6. The molecule has 1 unspecified atom stereocenters. The maximum Gasteiger partial charge on any atom is 0.419 e. The Balaban J connectivity index is 1.72. The third-order valence-electron chi connectivity index (χ3n) is 7.23. The monoisotopic (exact) mass is 535 g/mol. The normalized spacial score (nSPS) is 16.8. The number of fused-ring (bicyclic) bond motifs is 1. The number of rotatable bonds is 7. The number of methoxy groups -OCH3 is 2. The lowest BCUT2D eigenvalue weighted by Crippen LogP contribution is -2.48. The lowest BCUT2D eigenvalue weighted by atomic mass is 9.98. The summed E-state index contributed by atoms with van der Waals surface area (Å²) in [4.78, 5) is 30.0. The molecule has 1 saturated heterocycles.